The van der Waals surface area contributed by atoms with Crippen molar-refractivity contribution in [1.82, 2.24) is 5.32 Å². The van der Waals surface area contributed by atoms with Crippen molar-refractivity contribution >= 4 is 6.09 Å². The van der Waals surface area contributed by atoms with Crippen LogP contribution in [0.5, 0.6) is 0 Å². The number of hydrogen-bond donors (Lipinski definition) is 1. The smallest absolute Gasteiger partial charge is 0.449 e. The quantitative estimate of drug-likeness (QED) is 0.241. The second-order valence-corrected chi connectivity index (χ2v) is 0.957. The number of alkyl carbamates (subject to hydrolysis) is 1. The molecule has 1 amide bonds. The van der Waals surface area contributed by atoms with E-state index in [1.165, 1.54) is 6.19 Å². The van der Waals surface area contributed by atoms with Gasteiger partial charge in [-0.25, -0.2) is 10.1 Å². The molecular formula is C4H6N2NaO2+. The number of amides is 1. The molecule has 0 radical (unpaired) electrons. The minimum atomic E-state index is -0.699. The zero-order valence-electron chi connectivity index (χ0n) is 5.47. The van der Waals surface area contributed by atoms with E-state index in [1.807, 2.05) is 0 Å². The molecule has 0 aliphatic rings. The van der Waals surface area contributed by atoms with Gasteiger partial charge in [0.15, 0.2) is 6.19 Å². The van der Waals surface area contributed by atoms with Crippen LogP contribution in [0.15, 0.2) is 0 Å². The molecule has 0 saturated carbocycles. The average molecular weight is 137 g/mol. The van der Waals surface area contributed by atoms with Crippen LogP contribution in [0.1, 0.15) is 6.92 Å². The van der Waals surface area contributed by atoms with Gasteiger partial charge in [-0.15, -0.1) is 0 Å². The van der Waals surface area contributed by atoms with Crippen LogP contribution in [0.2, 0.25) is 0 Å². The van der Waals surface area contributed by atoms with E-state index >= 15 is 0 Å². The maximum absolute atomic E-state index is 10.1. The van der Waals surface area contributed by atoms with Crippen LogP contribution in [0.3, 0.4) is 0 Å². The fourth-order valence-electron chi connectivity index (χ4n) is 0.213. The number of nitrogens with zero attached hydrogens (tertiary/aromatic N) is 1. The molecule has 0 aromatic rings. The molecule has 0 heterocycles. The van der Waals surface area contributed by atoms with E-state index in [1.54, 1.807) is 12.2 Å². The van der Waals surface area contributed by atoms with Crippen LogP contribution in [0.4, 0.5) is 4.79 Å². The third kappa shape index (κ3) is 7.76. The van der Waals surface area contributed by atoms with Gasteiger partial charge in [-0.3, -0.25) is 0 Å². The Morgan fingerprint density at radius 1 is 1.89 bits per heavy atom. The Kier molecular flexibility index (Phi) is 9.95. The van der Waals surface area contributed by atoms with Crippen molar-refractivity contribution in [2.24, 2.45) is 0 Å². The van der Waals surface area contributed by atoms with Gasteiger partial charge in [-0.1, -0.05) is 0 Å². The van der Waals surface area contributed by atoms with E-state index in [2.05, 4.69) is 4.74 Å². The molecular weight excluding hydrogens is 131 g/mol. The molecule has 0 rings (SSSR count). The summed E-state index contributed by atoms with van der Waals surface area (Å²) in [6, 6.07) is 0. The zero-order valence-corrected chi connectivity index (χ0v) is 7.47. The predicted octanol–water partition coefficient (Wildman–Crippen LogP) is -2.78. The van der Waals surface area contributed by atoms with Crippen molar-refractivity contribution in [2.45, 2.75) is 6.92 Å². The minimum absolute atomic E-state index is 0. The van der Waals surface area contributed by atoms with Gasteiger partial charge >= 0.3 is 35.7 Å². The fraction of sp³-hybridized carbons (Fsp3) is 0.500. The summed E-state index contributed by atoms with van der Waals surface area (Å²) in [5, 5.41) is 9.59. The van der Waals surface area contributed by atoms with Crippen molar-refractivity contribution < 1.29 is 39.1 Å². The van der Waals surface area contributed by atoms with Crippen LogP contribution in [-0.2, 0) is 4.74 Å². The molecule has 0 aliphatic carbocycles. The molecule has 1 N–H and O–H groups in total. The second-order valence-electron chi connectivity index (χ2n) is 0.957. The first-order chi connectivity index (χ1) is 3.81. The van der Waals surface area contributed by atoms with Gasteiger partial charge in [0.25, 0.3) is 0 Å². The van der Waals surface area contributed by atoms with Crippen LogP contribution in [-0.4, -0.2) is 12.7 Å². The first-order valence-electron chi connectivity index (χ1n) is 2.13. The molecule has 0 saturated heterocycles. The largest absolute Gasteiger partial charge is 1.00 e. The summed E-state index contributed by atoms with van der Waals surface area (Å²) in [5.41, 5.74) is 0. The summed E-state index contributed by atoms with van der Waals surface area (Å²) < 4.78 is 4.31. The van der Waals surface area contributed by atoms with Gasteiger partial charge in [-0.05, 0) is 6.92 Å². The molecule has 5 heteroatoms. The maximum atomic E-state index is 10.1. The third-order valence-corrected chi connectivity index (χ3v) is 0.433. The van der Waals surface area contributed by atoms with Crippen molar-refractivity contribution in [2.75, 3.05) is 6.61 Å². The first kappa shape index (κ1) is 11.5. The molecule has 0 atom stereocenters. The summed E-state index contributed by atoms with van der Waals surface area (Å²) >= 11 is 0. The Morgan fingerprint density at radius 3 is 2.78 bits per heavy atom. The number of nitriles is 1. The topological polar surface area (TPSA) is 62.1 Å². The Labute approximate surface area is 75.5 Å². The molecule has 0 unspecified atom stereocenters. The van der Waals surface area contributed by atoms with E-state index in [0.717, 1.165) is 0 Å². The summed E-state index contributed by atoms with van der Waals surface area (Å²) in [4.78, 5) is 10.1. The van der Waals surface area contributed by atoms with Crippen molar-refractivity contribution in [1.29, 1.82) is 5.26 Å². The Balaban J connectivity index is 0. The number of carbonyl (C=O) groups is 1. The van der Waals surface area contributed by atoms with Crippen molar-refractivity contribution in [3.63, 3.8) is 0 Å². The van der Waals surface area contributed by atoms with Gasteiger partial charge in [0.05, 0.1) is 6.61 Å². The van der Waals surface area contributed by atoms with Crippen molar-refractivity contribution in [3.05, 3.63) is 0 Å². The van der Waals surface area contributed by atoms with Gasteiger partial charge < -0.3 is 4.74 Å². The zero-order chi connectivity index (χ0) is 6.41. The molecule has 9 heavy (non-hydrogen) atoms. The average Bonchev–Trinajstić information content (AvgIpc) is 1.68. The van der Waals surface area contributed by atoms with E-state index in [4.69, 9.17) is 5.26 Å². The number of carbonyl (C=O) groups excluding carboxylic acids is 1. The van der Waals surface area contributed by atoms with E-state index < -0.39 is 6.09 Å². The maximum Gasteiger partial charge on any atom is 1.00 e. The van der Waals surface area contributed by atoms with E-state index in [9.17, 15) is 4.79 Å². The molecule has 0 bridgehead atoms. The molecule has 0 aliphatic heterocycles. The molecule has 44 valence electrons. The molecule has 4 nitrogen and oxygen atoms in total. The fourth-order valence-corrected chi connectivity index (χ4v) is 0.213. The van der Waals surface area contributed by atoms with Crippen LogP contribution >= 0.6 is 0 Å². The second kappa shape index (κ2) is 7.76. The third-order valence-electron chi connectivity index (χ3n) is 0.433. The van der Waals surface area contributed by atoms with Gasteiger partial charge in [0.2, 0.25) is 0 Å². The van der Waals surface area contributed by atoms with Gasteiger partial charge in [-0.2, -0.15) is 5.26 Å². The van der Waals surface area contributed by atoms with Crippen LogP contribution in [0, 0.1) is 11.5 Å². The van der Waals surface area contributed by atoms with E-state index in [0.29, 0.717) is 0 Å². The minimum Gasteiger partial charge on any atom is -0.449 e. The number of ether oxygens (including phenoxy) is 1. The number of nitrogens with one attached hydrogen (secondary N) is 1. The normalized spacial score (nSPS) is 6.22. The molecule has 0 aromatic carbocycles. The summed E-state index contributed by atoms with van der Waals surface area (Å²) in [6.07, 6.45) is 0.729. The summed E-state index contributed by atoms with van der Waals surface area (Å²) in [5.74, 6) is 0. The molecule has 0 spiro atoms. The van der Waals surface area contributed by atoms with Gasteiger partial charge in [0.1, 0.15) is 0 Å². The van der Waals surface area contributed by atoms with Gasteiger partial charge in [0, 0.05) is 0 Å². The standard InChI is InChI=1S/C4H6N2O2.Na/c1-2-8-4(7)6-3-5;/h2H2,1H3,(H,6,7);/q;+1. The Morgan fingerprint density at radius 2 is 2.44 bits per heavy atom. The molecule has 0 fully saturated rings. The predicted molar refractivity (Wildman–Crippen MR) is 25.8 cm³/mol. The summed E-state index contributed by atoms with van der Waals surface area (Å²) in [6.45, 7) is 1.95. The van der Waals surface area contributed by atoms with Crippen LogP contribution in [0.25, 0.3) is 0 Å². The van der Waals surface area contributed by atoms with Crippen molar-refractivity contribution in [3.8, 4) is 6.19 Å². The number of rotatable bonds is 1. The Bertz CT molecular complexity index is 120. The summed E-state index contributed by atoms with van der Waals surface area (Å²) in [7, 11) is 0. The first-order valence-corrected chi connectivity index (χ1v) is 2.13. The molecule has 0 aromatic heterocycles. The number of hydrogen-bond acceptors (Lipinski definition) is 3. The van der Waals surface area contributed by atoms with E-state index in [-0.39, 0.29) is 36.2 Å². The van der Waals surface area contributed by atoms with Crippen LogP contribution < -0.4 is 34.9 Å². The SMILES string of the molecule is CCOC(=O)NC#N.[Na+]. The Hall–Kier alpha value is -0.240. The monoisotopic (exact) mass is 137 g/mol.